The quantitative estimate of drug-likeness (QED) is 0.171. The molecule has 53 heavy (non-hydrogen) atoms. The molecular formula is C50H29N3. The van der Waals surface area contributed by atoms with E-state index in [9.17, 15) is 0 Å². The number of pyridine rings is 2. The second kappa shape index (κ2) is 10.7. The zero-order valence-electron chi connectivity index (χ0n) is 28.6. The zero-order chi connectivity index (χ0) is 34.6. The van der Waals surface area contributed by atoms with Crippen LogP contribution in [0.2, 0.25) is 0 Å². The van der Waals surface area contributed by atoms with Gasteiger partial charge in [0.25, 0.3) is 0 Å². The summed E-state index contributed by atoms with van der Waals surface area (Å²) in [5, 5.41) is 14.8. The van der Waals surface area contributed by atoms with E-state index in [1.807, 2.05) is 12.3 Å². The number of rotatable bonds is 2. The number of benzene rings is 9. The minimum atomic E-state index is 0.941. The molecule has 0 aliphatic carbocycles. The lowest BCUT2D eigenvalue weighted by atomic mass is 9.87. The van der Waals surface area contributed by atoms with Crippen molar-refractivity contribution in [2.75, 3.05) is 0 Å². The van der Waals surface area contributed by atoms with Crippen molar-refractivity contribution >= 4 is 92.3 Å². The fourth-order valence-electron chi connectivity index (χ4n) is 9.03. The molecule has 0 aliphatic rings. The minimum Gasteiger partial charge on any atom is -0.292 e. The van der Waals surface area contributed by atoms with Gasteiger partial charge in [0.05, 0.1) is 27.5 Å². The van der Waals surface area contributed by atoms with Gasteiger partial charge in [-0.1, -0.05) is 127 Å². The first kappa shape index (κ1) is 28.6. The average molecular weight is 672 g/mol. The number of nitrogens with zero attached hydrogens (tertiary/aromatic N) is 3. The Morgan fingerprint density at radius 2 is 1.04 bits per heavy atom. The Bertz CT molecular complexity index is 3520. The summed E-state index contributed by atoms with van der Waals surface area (Å²) < 4.78 is 2.32. The molecule has 0 atom stereocenters. The number of para-hydroxylation sites is 2. The maximum Gasteiger partial charge on any atom is 0.148 e. The molecule has 3 aromatic heterocycles. The molecular weight excluding hydrogens is 643 g/mol. The number of imidazole rings is 1. The summed E-state index contributed by atoms with van der Waals surface area (Å²) in [4.78, 5) is 10.1. The van der Waals surface area contributed by atoms with Gasteiger partial charge in [-0.15, -0.1) is 0 Å². The highest BCUT2D eigenvalue weighted by Gasteiger charge is 2.18. The van der Waals surface area contributed by atoms with Crippen molar-refractivity contribution in [3.05, 3.63) is 176 Å². The van der Waals surface area contributed by atoms with E-state index in [4.69, 9.17) is 9.97 Å². The summed E-state index contributed by atoms with van der Waals surface area (Å²) in [6.45, 7) is 0. The molecule has 244 valence electrons. The van der Waals surface area contributed by atoms with Crippen LogP contribution in [0.1, 0.15) is 0 Å². The van der Waals surface area contributed by atoms with Crippen LogP contribution >= 0.6 is 0 Å². The Labute approximate surface area is 304 Å². The predicted octanol–water partition coefficient (Wildman–Crippen LogP) is 13.3. The predicted molar refractivity (Wildman–Crippen MR) is 224 cm³/mol. The van der Waals surface area contributed by atoms with Crippen molar-refractivity contribution in [2.24, 2.45) is 0 Å². The highest BCUT2D eigenvalue weighted by Crippen LogP contribution is 2.44. The smallest absolute Gasteiger partial charge is 0.148 e. The van der Waals surface area contributed by atoms with Gasteiger partial charge in [-0.25, -0.2) is 4.98 Å². The van der Waals surface area contributed by atoms with E-state index in [0.29, 0.717) is 0 Å². The summed E-state index contributed by atoms with van der Waals surface area (Å²) in [5.74, 6) is 0. The van der Waals surface area contributed by atoms with Crippen LogP contribution in [0, 0.1) is 0 Å². The van der Waals surface area contributed by atoms with Crippen LogP contribution in [-0.4, -0.2) is 14.4 Å². The van der Waals surface area contributed by atoms with Crippen LogP contribution < -0.4 is 0 Å². The summed E-state index contributed by atoms with van der Waals surface area (Å²) >= 11 is 0. The number of hydrogen-bond donors (Lipinski definition) is 0. The molecule has 0 saturated heterocycles. The van der Waals surface area contributed by atoms with E-state index in [2.05, 4.69) is 168 Å². The van der Waals surface area contributed by atoms with Crippen molar-refractivity contribution < 1.29 is 0 Å². The van der Waals surface area contributed by atoms with Gasteiger partial charge in [-0.3, -0.25) is 9.38 Å². The first-order chi connectivity index (χ1) is 26.3. The Kier molecular flexibility index (Phi) is 5.77. The molecule has 12 rings (SSSR count). The Balaban J connectivity index is 1.13. The first-order valence-electron chi connectivity index (χ1n) is 18.2. The molecule has 0 bridgehead atoms. The van der Waals surface area contributed by atoms with Crippen molar-refractivity contribution in [3.63, 3.8) is 0 Å². The van der Waals surface area contributed by atoms with Gasteiger partial charge in [0.2, 0.25) is 0 Å². The lowest BCUT2D eigenvalue weighted by molar-refractivity contribution is 1.31. The lowest BCUT2D eigenvalue weighted by Gasteiger charge is -2.17. The molecule has 0 spiro atoms. The fraction of sp³-hybridized carbons (Fsp3) is 0. The van der Waals surface area contributed by atoms with Crippen LogP contribution in [-0.2, 0) is 0 Å². The summed E-state index contributed by atoms with van der Waals surface area (Å²) in [6, 6.07) is 62.0. The van der Waals surface area contributed by atoms with Crippen molar-refractivity contribution in [1.82, 2.24) is 14.4 Å². The molecule has 12 aromatic rings. The van der Waals surface area contributed by atoms with Gasteiger partial charge in [0.15, 0.2) is 0 Å². The van der Waals surface area contributed by atoms with Crippen LogP contribution in [0.3, 0.4) is 0 Å². The Morgan fingerprint density at radius 3 is 1.89 bits per heavy atom. The summed E-state index contributed by atoms with van der Waals surface area (Å²) in [6.07, 6.45) is 1.88. The molecule has 0 radical (unpaired) electrons. The minimum absolute atomic E-state index is 0.941. The highest BCUT2D eigenvalue weighted by molar-refractivity contribution is 6.33. The third-order valence-electron chi connectivity index (χ3n) is 11.3. The lowest BCUT2D eigenvalue weighted by Crippen LogP contribution is -1.94. The topological polar surface area (TPSA) is 30.2 Å². The van der Waals surface area contributed by atoms with Crippen molar-refractivity contribution in [3.8, 4) is 22.3 Å². The van der Waals surface area contributed by atoms with E-state index in [0.717, 1.165) is 43.9 Å². The first-order valence-corrected chi connectivity index (χ1v) is 18.2. The van der Waals surface area contributed by atoms with Gasteiger partial charge in [-0.2, -0.15) is 0 Å². The second-order valence-corrected chi connectivity index (χ2v) is 14.1. The van der Waals surface area contributed by atoms with Gasteiger partial charge in [0, 0.05) is 17.0 Å². The average Bonchev–Trinajstić information content (AvgIpc) is 3.63. The van der Waals surface area contributed by atoms with Crippen LogP contribution in [0.25, 0.3) is 115 Å². The largest absolute Gasteiger partial charge is 0.292 e. The third-order valence-corrected chi connectivity index (χ3v) is 11.3. The fourth-order valence-corrected chi connectivity index (χ4v) is 9.03. The summed E-state index contributed by atoms with van der Waals surface area (Å²) in [7, 11) is 0. The van der Waals surface area contributed by atoms with Gasteiger partial charge < -0.3 is 0 Å². The molecule has 3 heterocycles. The van der Waals surface area contributed by atoms with Gasteiger partial charge >= 0.3 is 0 Å². The molecule has 3 heteroatoms. The molecule has 0 fully saturated rings. The van der Waals surface area contributed by atoms with E-state index in [-0.39, 0.29) is 0 Å². The zero-order valence-corrected chi connectivity index (χ0v) is 28.6. The van der Waals surface area contributed by atoms with Crippen LogP contribution in [0.5, 0.6) is 0 Å². The van der Waals surface area contributed by atoms with E-state index in [1.165, 1.54) is 70.7 Å². The Morgan fingerprint density at radius 1 is 0.377 bits per heavy atom. The maximum absolute atomic E-state index is 5.17. The summed E-state index contributed by atoms with van der Waals surface area (Å²) in [5.41, 5.74) is 9.93. The standard InChI is InChI=1S/C50H29N3/c1-2-16-36-34(14-1)35-15-3-5-18-38(35)47-39-19-6-4-17-37(39)41(29-43(36)47)33-12-9-11-31(27-33)32-23-25-45-42(28-32)40-24-22-30-13-10-26-51-49(30)48(40)50-52-44-20-7-8-21-46(44)53(45)50/h1-29H. The normalized spacial score (nSPS) is 12.2. The van der Waals surface area contributed by atoms with E-state index >= 15 is 0 Å². The molecule has 9 aromatic carbocycles. The van der Waals surface area contributed by atoms with Crippen LogP contribution in [0.15, 0.2) is 176 Å². The number of hydrogen-bond acceptors (Lipinski definition) is 2. The van der Waals surface area contributed by atoms with Crippen molar-refractivity contribution in [1.29, 1.82) is 0 Å². The molecule has 0 unspecified atom stereocenters. The Hall–Kier alpha value is -7.10. The number of fused-ring (bicyclic) bond motifs is 18. The maximum atomic E-state index is 5.17. The third kappa shape index (κ3) is 3.99. The van der Waals surface area contributed by atoms with E-state index in [1.54, 1.807) is 0 Å². The van der Waals surface area contributed by atoms with E-state index < -0.39 is 0 Å². The highest BCUT2D eigenvalue weighted by atomic mass is 15.0. The van der Waals surface area contributed by atoms with Crippen LogP contribution in [0.4, 0.5) is 0 Å². The second-order valence-electron chi connectivity index (χ2n) is 14.1. The number of aromatic nitrogens is 3. The monoisotopic (exact) mass is 671 g/mol. The van der Waals surface area contributed by atoms with Crippen molar-refractivity contribution in [2.45, 2.75) is 0 Å². The molecule has 0 amide bonds. The SMILES string of the molecule is c1cc(-c2ccc3c(c2)c2ccc4cccnc4c2c2nc4ccccc4n32)cc(-c2cc3c4ccccc4c4ccccc4c3c3ccccc23)c1. The molecule has 0 aliphatic heterocycles. The molecule has 0 N–H and O–H groups in total. The molecule has 3 nitrogen and oxygen atoms in total. The van der Waals surface area contributed by atoms with Gasteiger partial charge in [-0.05, 0) is 113 Å². The van der Waals surface area contributed by atoms with Gasteiger partial charge in [0.1, 0.15) is 5.65 Å². The molecule has 0 saturated carbocycles.